The van der Waals surface area contributed by atoms with E-state index in [1.165, 1.54) is 17.9 Å². The van der Waals surface area contributed by atoms with E-state index in [9.17, 15) is 4.79 Å². The lowest BCUT2D eigenvalue weighted by Gasteiger charge is -1.93. The zero-order valence-corrected chi connectivity index (χ0v) is 8.54. The van der Waals surface area contributed by atoms with Crippen LogP contribution in [0.1, 0.15) is 16.5 Å². The third-order valence-electron chi connectivity index (χ3n) is 1.85. The van der Waals surface area contributed by atoms with Crippen LogP contribution in [-0.2, 0) is 6.54 Å². The summed E-state index contributed by atoms with van der Waals surface area (Å²) in [6.45, 7) is 0.279. The summed E-state index contributed by atoms with van der Waals surface area (Å²) in [5.41, 5.74) is 6.04. The summed E-state index contributed by atoms with van der Waals surface area (Å²) in [6.07, 6.45) is 3.14. The van der Waals surface area contributed by atoms with E-state index in [1.54, 1.807) is 6.20 Å². The smallest absolute Gasteiger partial charge is 0.292 e. The molecule has 0 aliphatic rings. The van der Waals surface area contributed by atoms with Gasteiger partial charge in [-0.3, -0.25) is 9.48 Å². The van der Waals surface area contributed by atoms with Crippen LogP contribution in [0.15, 0.2) is 16.9 Å². The number of nitrogens with two attached hydrogens (primary N) is 1. The number of carbonyl (C=O) groups excluding carboxylic acids is 1. The monoisotopic (exact) mass is 222 g/mol. The lowest BCUT2D eigenvalue weighted by molar-refractivity contribution is 0.0950. The van der Waals surface area contributed by atoms with Crippen molar-refractivity contribution in [2.24, 2.45) is 0 Å². The van der Waals surface area contributed by atoms with Gasteiger partial charge in [0, 0.05) is 13.2 Å². The number of anilines is 1. The number of nitrogens with one attached hydrogen (secondary N) is 1. The van der Waals surface area contributed by atoms with Crippen LogP contribution in [-0.4, -0.2) is 32.9 Å². The minimum Gasteiger partial charge on any atom is -0.396 e. The van der Waals surface area contributed by atoms with E-state index in [2.05, 4.69) is 20.6 Å². The van der Waals surface area contributed by atoms with Crippen LogP contribution in [0.25, 0.3) is 0 Å². The summed E-state index contributed by atoms with van der Waals surface area (Å²) >= 11 is 0. The highest BCUT2D eigenvalue weighted by Crippen LogP contribution is 2.03. The largest absolute Gasteiger partial charge is 0.396 e. The molecule has 2 aromatic rings. The van der Waals surface area contributed by atoms with Crippen molar-refractivity contribution in [2.45, 2.75) is 6.54 Å². The molecule has 0 radical (unpaired) electrons. The molecule has 0 aliphatic carbocycles. The fourth-order valence-electron chi connectivity index (χ4n) is 1.13. The molecule has 16 heavy (non-hydrogen) atoms. The Balaban J connectivity index is 2.11. The van der Waals surface area contributed by atoms with Crippen LogP contribution in [0.5, 0.6) is 0 Å². The van der Waals surface area contributed by atoms with Crippen LogP contribution in [0.2, 0.25) is 0 Å². The van der Waals surface area contributed by atoms with Gasteiger partial charge in [0.05, 0.1) is 11.9 Å². The topological polar surface area (TPSA) is 112 Å². The summed E-state index contributed by atoms with van der Waals surface area (Å²) in [5.74, 6) is -0.102. The van der Waals surface area contributed by atoms with Gasteiger partial charge in [-0.1, -0.05) is 5.16 Å². The maximum atomic E-state index is 11.1. The van der Waals surface area contributed by atoms with Gasteiger partial charge in [0.25, 0.3) is 11.7 Å². The Morgan fingerprint density at radius 3 is 3.12 bits per heavy atom. The van der Waals surface area contributed by atoms with E-state index in [-0.39, 0.29) is 12.4 Å². The van der Waals surface area contributed by atoms with E-state index in [1.807, 2.05) is 0 Å². The highest BCUT2D eigenvalue weighted by Gasteiger charge is 2.13. The van der Waals surface area contributed by atoms with Crippen molar-refractivity contribution >= 4 is 11.6 Å². The Morgan fingerprint density at radius 2 is 2.50 bits per heavy atom. The van der Waals surface area contributed by atoms with E-state index in [0.29, 0.717) is 11.6 Å². The Morgan fingerprint density at radius 1 is 1.69 bits per heavy atom. The zero-order chi connectivity index (χ0) is 11.5. The molecule has 2 heterocycles. The SMILES string of the molecule is CNC(=O)c1noc(Cn2cc(N)cn2)n1. The highest BCUT2D eigenvalue weighted by molar-refractivity contribution is 5.89. The number of nitrogen functional groups attached to an aromatic ring is 1. The maximum absolute atomic E-state index is 11.1. The van der Waals surface area contributed by atoms with Crippen molar-refractivity contribution in [3.8, 4) is 0 Å². The van der Waals surface area contributed by atoms with Crippen LogP contribution in [0.3, 0.4) is 0 Å². The second-order valence-electron chi connectivity index (χ2n) is 3.06. The third-order valence-corrected chi connectivity index (χ3v) is 1.85. The van der Waals surface area contributed by atoms with E-state index in [0.717, 1.165) is 0 Å². The average Bonchev–Trinajstić information content (AvgIpc) is 2.87. The molecule has 0 spiro atoms. The second-order valence-corrected chi connectivity index (χ2v) is 3.06. The Hall–Kier alpha value is -2.38. The first-order valence-corrected chi connectivity index (χ1v) is 4.51. The number of hydrogen-bond acceptors (Lipinski definition) is 6. The average molecular weight is 222 g/mol. The Bertz CT molecular complexity index is 502. The van der Waals surface area contributed by atoms with Crippen LogP contribution < -0.4 is 11.1 Å². The fraction of sp³-hybridized carbons (Fsp3) is 0.250. The van der Waals surface area contributed by atoms with E-state index < -0.39 is 5.91 Å². The van der Waals surface area contributed by atoms with E-state index >= 15 is 0 Å². The predicted octanol–water partition coefficient (Wildman–Crippen LogP) is -0.744. The van der Waals surface area contributed by atoms with Gasteiger partial charge in [0.1, 0.15) is 6.54 Å². The van der Waals surface area contributed by atoms with Gasteiger partial charge in [-0.25, -0.2) is 0 Å². The predicted molar refractivity (Wildman–Crippen MR) is 53.4 cm³/mol. The number of rotatable bonds is 3. The molecular weight excluding hydrogens is 212 g/mol. The van der Waals surface area contributed by atoms with Gasteiger partial charge in [0.2, 0.25) is 5.89 Å². The summed E-state index contributed by atoms with van der Waals surface area (Å²) in [4.78, 5) is 15.0. The van der Waals surface area contributed by atoms with Gasteiger partial charge in [0.15, 0.2) is 0 Å². The number of carbonyl (C=O) groups is 1. The van der Waals surface area contributed by atoms with Gasteiger partial charge >= 0.3 is 0 Å². The van der Waals surface area contributed by atoms with Gasteiger partial charge in [-0.2, -0.15) is 10.1 Å². The van der Waals surface area contributed by atoms with Crippen LogP contribution in [0, 0.1) is 0 Å². The third kappa shape index (κ3) is 2.00. The molecule has 0 fully saturated rings. The lowest BCUT2D eigenvalue weighted by Crippen LogP contribution is -2.19. The summed E-state index contributed by atoms with van der Waals surface area (Å²) in [7, 11) is 1.49. The quantitative estimate of drug-likeness (QED) is 0.707. The molecule has 8 nitrogen and oxygen atoms in total. The zero-order valence-electron chi connectivity index (χ0n) is 8.54. The number of nitrogens with zero attached hydrogens (tertiary/aromatic N) is 4. The van der Waals surface area contributed by atoms with Crippen LogP contribution >= 0.6 is 0 Å². The summed E-state index contributed by atoms with van der Waals surface area (Å²) in [6, 6.07) is 0. The first-order valence-electron chi connectivity index (χ1n) is 4.51. The van der Waals surface area contributed by atoms with Crippen molar-refractivity contribution in [2.75, 3.05) is 12.8 Å². The van der Waals surface area contributed by atoms with Gasteiger partial charge < -0.3 is 15.6 Å². The van der Waals surface area contributed by atoms with Crippen molar-refractivity contribution in [1.29, 1.82) is 0 Å². The molecule has 8 heteroatoms. The number of aromatic nitrogens is 4. The minimum atomic E-state index is -0.394. The molecule has 84 valence electrons. The standard InChI is InChI=1S/C8H10N6O2/c1-10-8(15)7-12-6(16-13-7)4-14-3-5(9)2-11-14/h2-3H,4,9H2,1H3,(H,10,15). The Kier molecular flexibility index (Phi) is 2.54. The van der Waals surface area contributed by atoms with Gasteiger partial charge in [-0.05, 0) is 0 Å². The first-order chi connectivity index (χ1) is 7.69. The molecule has 0 atom stereocenters. The molecule has 0 aromatic carbocycles. The molecule has 3 N–H and O–H groups in total. The molecule has 2 aromatic heterocycles. The maximum Gasteiger partial charge on any atom is 0.292 e. The summed E-state index contributed by atoms with van der Waals surface area (Å²) in [5, 5.41) is 9.86. The van der Waals surface area contributed by atoms with Crippen molar-refractivity contribution in [1.82, 2.24) is 25.2 Å². The molecule has 0 aliphatic heterocycles. The van der Waals surface area contributed by atoms with Crippen molar-refractivity contribution in [3.63, 3.8) is 0 Å². The molecular formula is C8H10N6O2. The van der Waals surface area contributed by atoms with Crippen molar-refractivity contribution < 1.29 is 9.32 Å². The summed E-state index contributed by atoms with van der Waals surface area (Å²) < 4.78 is 6.42. The minimum absolute atomic E-state index is 0.00220. The van der Waals surface area contributed by atoms with Crippen molar-refractivity contribution in [3.05, 3.63) is 24.1 Å². The molecule has 0 saturated carbocycles. The Labute approximate surface area is 90.4 Å². The molecule has 2 rings (SSSR count). The number of hydrogen-bond donors (Lipinski definition) is 2. The second kappa shape index (κ2) is 4.01. The van der Waals surface area contributed by atoms with E-state index in [4.69, 9.17) is 10.3 Å². The van der Waals surface area contributed by atoms with Crippen LogP contribution in [0.4, 0.5) is 5.69 Å². The number of amides is 1. The fourth-order valence-corrected chi connectivity index (χ4v) is 1.13. The first kappa shape index (κ1) is 10.1. The lowest BCUT2D eigenvalue weighted by atomic mass is 10.5. The molecule has 0 saturated heterocycles. The molecule has 0 unspecified atom stereocenters. The molecule has 1 amide bonds. The molecule has 0 bridgehead atoms. The normalized spacial score (nSPS) is 10.3. The van der Waals surface area contributed by atoms with Gasteiger partial charge in [-0.15, -0.1) is 0 Å². The highest BCUT2D eigenvalue weighted by atomic mass is 16.5.